The molecule has 2 aromatic heterocycles. The number of benzene rings is 1. The number of ketones is 1. The van der Waals surface area contributed by atoms with Crippen LogP contribution in [0.3, 0.4) is 0 Å². The lowest BCUT2D eigenvalue weighted by Gasteiger charge is -1.94. The van der Waals surface area contributed by atoms with E-state index in [1.54, 1.807) is 42.6 Å². The van der Waals surface area contributed by atoms with Crippen molar-refractivity contribution in [3.8, 4) is 0 Å². The van der Waals surface area contributed by atoms with Crippen molar-refractivity contribution >= 4 is 28.4 Å². The van der Waals surface area contributed by atoms with Gasteiger partial charge in [0.25, 0.3) is 0 Å². The molecule has 0 saturated heterocycles. The fourth-order valence-corrected chi connectivity index (χ4v) is 2.00. The molecule has 18 heavy (non-hydrogen) atoms. The van der Waals surface area contributed by atoms with Crippen LogP contribution in [-0.4, -0.2) is 10.8 Å². The molecule has 4 heteroatoms. The van der Waals surface area contributed by atoms with Crippen molar-refractivity contribution < 1.29 is 9.21 Å². The monoisotopic (exact) mass is 257 g/mol. The molecule has 3 rings (SSSR count). The minimum Gasteiger partial charge on any atom is -0.453 e. The zero-order valence-corrected chi connectivity index (χ0v) is 10.0. The Hall–Kier alpha value is -2.13. The Morgan fingerprint density at radius 3 is 2.83 bits per heavy atom. The molecule has 0 saturated carbocycles. The van der Waals surface area contributed by atoms with Gasteiger partial charge in [-0.2, -0.15) is 0 Å². The third kappa shape index (κ3) is 1.79. The molecule has 0 aliphatic rings. The van der Waals surface area contributed by atoms with Crippen LogP contribution in [0.15, 0.2) is 53.2 Å². The van der Waals surface area contributed by atoms with E-state index in [0.717, 1.165) is 5.39 Å². The molecular formula is C14H8ClNO2. The first-order valence-corrected chi connectivity index (χ1v) is 5.76. The number of furan rings is 1. The maximum Gasteiger partial charge on any atom is 0.229 e. The number of nitrogens with zero attached hydrogens (tertiary/aromatic N) is 1. The van der Waals surface area contributed by atoms with Crippen LogP contribution in [0.25, 0.3) is 11.0 Å². The quantitative estimate of drug-likeness (QED) is 0.657. The van der Waals surface area contributed by atoms with Gasteiger partial charge in [0.2, 0.25) is 5.78 Å². The number of fused-ring (bicyclic) bond motifs is 1. The summed E-state index contributed by atoms with van der Waals surface area (Å²) in [7, 11) is 0. The number of pyridine rings is 1. The van der Waals surface area contributed by atoms with Gasteiger partial charge in [-0.1, -0.05) is 17.7 Å². The van der Waals surface area contributed by atoms with Gasteiger partial charge in [-0.3, -0.25) is 9.78 Å². The number of carbonyl (C=O) groups is 1. The van der Waals surface area contributed by atoms with Gasteiger partial charge in [0.1, 0.15) is 5.58 Å². The van der Waals surface area contributed by atoms with Crippen molar-refractivity contribution in [3.63, 3.8) is 0 Å². The highest BCUT2D eigenvalue weighted by Crippen LogP contribution is 2.27. The minimum absolute atomic E-state index is 0.199. The molecule has 0 radical (unpaired) electrons. The highest BCUT2D eigenvalue weighted by molar-refractivity contribution is 6.35. The Labute approximate surface area is 108 Å². The lowest BCUT2D eigenvalue weighted by molar-refractivity contribution is 0.101. The van der Waals surface area contributed by atoms with Gasteiger partial charge in [-0.25, -0.2) is 0 Å². The Kier molecular flexibility index (Phi) is 2.61. The maximum atomic E-state index is 12.2. The molecule has 0 fully saturated rings. The standard InChI is InChI=1S/C14H8ClNO2/c15-11-4-1-5-12-10(11)7-13(18-12)14(17)9-3-2-6-16-8-9/h1-8H. The molecule has 3 nitrogen and oxygen atoms in total. The van der Waals surface area contributed by atoms with Crippen LogP contribution in [0.2, 0.25) is 5.02 Å². The average molecular weight is 258 g/mol. The second kappa shape index (κ2) is 4.27. The summed E-state index contributed by atoms with van der Waals surface area (Å²) >= 11 is 6.04. The van der Waals surface area contributed by atoms with Crippen molar-refractivity contribution in [1.29, 1.82) is 0 Å². The van der Waals surface area contributed by atoms with Crippen LogP contribution >= 0.6 is 11.6 Å². The number of rotatable bonds is 2. The van der Waals surface area contributed by atoms with Gasteiger partial charge < -0.3 is 4.42 Å². The van der Waals surface area contributed by atoms with Crippen molar-refractivity contribution in [3.05, 3.63) is 65.1 Å². The molecule has 0 aliphatic heterocycles. The largest absolute Gasteiger partial charge is 0.453 e. The minimum atomic E-state index is -0.199. The summed E-state index contributed by atoms with van der Waals surface area (Å²) in [6.07, 6.45) is 3.13. The van der Waals surface area contributed by atoms with E-state index >= 15 is 0 Å². The Bertz CT molecular complexity index is 719. The predicted molar refractivity (Wildman–Crippen MR) is 68.9 cm³/mol. The molecular weight excluding hydrogens is 250 g/mol. The van der Waals surface area contributed by atoms with Crippen LogP contribution in [0.4, 0.5) is 0 Å². The molecule has 0 unspecified atom stereocenters. The topological polar surface area (TPSA) is 43.1 Å². The Morgan fingerprint density at radius 2 is 2.11 bits per heavy atom. The summed E-state index contributed by atoms with van der Waals surface area (Å²) in [6, 6.07) is 10.4. The maximum absolute atomic E-state index is 12.2. The van der Waals surface area contributed by atoms with E-state index in [0.29, 0.717) is 16.2 Å². The zero-order chi connectivity index (χ0) is 12.5. The van der Waals surface area contributed by atoms with E-state index in [4.69, 9.17) is 16.0 Å². The highest BCUT2D eigenvalue weighted by atomic mass is 35.5. The lowest BCUT2D eigenvalue weighted by atomic mass is 10.1. The molecule has 0 N–H and O–H groups in total. The van der Waals surface area contributed by atoms with Crippen molar-refractivity contribution in [2.75, 3.05) is 0 Å². The summed E-state index contributed by atoms with van der Waals surface area (Å²) in [6.45, 7) is 0. The molecule has 0 spiro atoms. The molecule has 0 amide bonds. The third-order valence-corrected chi connectivity index (χ3v) is 2.99. The first-order valence-electron chi connectivity index (χ1n) is 5.38. The second-order valence-corrected chi connectivity index (χ2v) is 4.24. The van der Waals surface area contributed by atoms with Crippen molar-refractivity contribution in [2.45, 2.75) is 0 Å². The van der Waals surface area contributed by atoms with Gasteiger partial charge >= 0.3 is 0 Å². The smallest absolute Gasteiger partial charge is 0.229 e. The van der Waals surface area contributed by atoms with Gasteiger partial charge in [0, 0.05) is 23.3 Å². The Morgan fingerprint density at radius 1 is 1.22 bits per heavy atom. The lowest BCUT2D eigenvalue weighted by Crippen LogP contribution is -1.99. The van der Waals surface area contributed by atoms with Crippen LogP contribution in [-0.2, 0) is 0 Å². The highest BCUT2D eigenvalue weighted by Gasteiger charge is 2.15. The first-order chi connectivity index (χ1) is 8.75. The van der Waals surface area contributed by atoms with Crippen LogP contribution in [0, 0.1) is 0 Å². The zero-order valence-electron chi connectivity index (χ0n) is 9.26. The SMILES string of the molecule is O=C(c1cccnc1)c1cc2c(Cl)cccc2o1. The van der Waals surface area contributed by atoms with Gasteiger partial charge in [-0.15, -0.1) is 0 Å². The average Bonchev–Trinajstić information content (AvgIpc) is 2.84. The normalized spacial score (nSPS) is 10.7. The van der Waals surface area contributed by atoms with Crippen LogP contribution < -0.4 is 0 Å². The van der Waals surface area contributed by atoms with Gasteiger partial charge in [-0.05, 0) is 30.3 Å². The molecule has 88 valence electrons. The predicted octanol–water partition coefficient (Wildman–Crippen LogP) is 3.71. The van der Waals surface area contributed by atoms with E-state index in [1.165, 1.54) is 6.20 Å². The molecule has 2 heterocycles. The van der Waals surface area contributed by atoms with E-state index in [1.807, 2.05) is 0 Å². The van der Waals surface area contributed by atoms with Crippen LogP contribution in [0.1, 0.15) is 16.1 Å². The second-order valence-electron chi connectivity index (χ2n) is 3.83. The van der Waals surface area contributed by atoms with Crippen molar-refractivity contribution in [1.82, 2.24) is 4.98 Å². The van der Waals surface area contributed by atoms with E-state index < -0.39 is 0 Å². The van der Waals surface area contributed by atoms with E-state index in [-0.39, 0.29) is 11.5 Å². The fourth-order valence-electron chi connectivity index (χ4n) is 1.78. The summed E-state index contributed by atoms with van der Waals surface area (Å²) in [5.74, 6) is 0.0708. The van der Waals surface area contributed by atoms with Crippen molar-refractivity contribution in [2.24, 2.45) is 0 Å². The Balaban J connectivity index is 2.10. The van der Waals surface area contributed by atoms with E-state index in [9.17, 15) is 4.79 Å². The van der Waals surface area contributed by atoms with Gasteiger partial charge in [0.05, 0.1) is 5.02 Å². The molecule has 3 aromatic rings. The number of hydrogen-bond acceptors (Lipinski definition) is 3. The number of carbonyl (C=O) groups excluding carboxylic acids is 1. The summed E-state index contributed by atoms with van der Waals surface area (Å²) in [5.41, 5.74) is 1.10. The van der Waals surface area contributed by atoms with Crippen LogP contribution in [0.5, 0.6) is 0 Å². The fraction of sp³-hybridized carbons (Fsp3) is 0. The third-order valence-electron chi connectivity index (χ3n) is 2.66. The molecule has 1 aromatic carbocycles. The first kappa shape index (κ1) is 11.0. The summed E-state index contributed by atoms with van der Waals surface area (Å²) < 4.78 is 5.50. The molecule has 0 aliphatic carbocycles. The van der Waals surface area contributed by atoms with Gasteiger partial charge in [0.15, 0.2) is 5.76 Å². The summed E-state index contributed by atoms with van der Waals surface area (Å²) in [4.78, 5) is 16.1. The number of hydrogen-bond donors (Lipinski definition) is 0. The summed E-state index contributed by atoms with van der Waals surface area (Å²) in [5, 5.41) is 1.31. The molecule has 0 atom stereocenters. The number of halogens is 1. The molecule has 0 bridgehead atoms. The van der Waals surface area contributed by atoms with E-state index in [2.05, 4.69) is 4.98 Å². The number of aromatic nitrogens is 1.